The molecule has 2 N–H and O–H groups in total. The monoisotopic (exact) mass is 342 g/mol. The Morgan fingerprint density at radius 3 is 2.90 bits per heavy atom. The van der Waals surface area contributed by atoms with E-state index >= 15 is 0 Å². The molecule has 0 saturated heterocycles. The van der Waals surface area contributed by atoms with Gasteiger partial charge in [-0.15, -0.1) is 11.3 Å². The molecule has 0 aliphatic carbocycles. The highest BCUT2D eigenvalue weighted by Crippen LogP contribution is 2.25. The second kappa shape index (κ2) is 7.58. The van der Waals surface area contributed by atoms with Crippen LogP contribution < -0.4 is 5.32 Å². The maximum atomic E-state index is 12.1. The minimum Gasteiger partial charge on any atom is -0.480 e. The number of thioether (sulfide) groups is 1. The lowest BCUT2D eigenvalue weighted by Gasteiger charge is -2.12. The summed E-state index contributed by atoms with van der Waals surface area (Å²) in [5.41, 5.74) is 1.23. The Bertz CT molecular complexity index is 610. The molecule has 0 aromatic carbocycles. The molecule has 0 unspecified atom stereocenters. The fourth-order valence-corrected chi connectivity index (χ4v) is 3.61. The molecule has 0 spiro atoms. The number of carbonyl (C=O) groups is 2. The maximum Gasteiger partial charge on any atom is 0.326 e. The van der Waals surface area contributed by atoms with Crippen LogP contribution in [0.3, 0.4) is 0 Å². The molecule has 0 saturated carbocycles. The first-order valence-electron chi connectivity index (χ1n) is 6.12. The van der Waals surface area contributed by atoms with Crippen LogP contribution in [0.5, 0.6) is 0 Å². The molecule has 2 aromatic rings. The predicted molar refractivity (Wildman–Crippen MR) is 87.3 cm³/mol. The molecular weight excluding hydrogens is 328 g/mol. The average molecular weight is 342 g/mol. The van der Waals surface area contributed by atoms with E-state index in [-0.39, 0.29) is 5.69 Å². The topological polar surface area (TPSA) is 79.3 Å². The van der Waals surface area contributed by atoms with E-state index in [9.17, 15) is 9.59 Å². The summed E-state index contributed by atoms with van der Waals surface area (Å²) < 4.78 is 0. The number of thiazole rings is 1. The lowest BCUT2D eigenvalue weighted by atomic mass is 10.2. The van der Waals surface area contributed by atoms with E-state index in [0.29, 0.717) is 12.2 Å². The molecule has 2 aromatic heterocycles. The van der Waals surface area contributed by atoms with Crippen LogP contribution >= 0.6 is 34.4 Å². The van der Waals surface area contributed by atoms with Crippen LogP contribution in [-0.2, 0) is 4.79 Å². The Morgan fingerprint density at radius 1 is 1.48 bits per heavy atom. The SMILES string of the molecule is CSCC[C@@H](NC(=O)c1csc(-c2ccsc2)n1)C(=O)O. The van der Waals surface area contributed by atoms with Gasteiger partial charge in [-0.05, 0) is 29.9 Å². The Kier molecular flexibility index (Phi) is 5.77. The summed E-state index contributed by atoms with van der Waals surface area (Å²) in [5.74, 6) is -0.791. The van der Waals surface area contributed by atoms with Gasteiger partial charge in [0.2, 0.25) is 0 Å². The summed E-state index contributed by atoms with van der Waals surface area (Å²) in [6.07, 6.45) is 2.29. The molecule has 0 aliphatic rings. The van der Waals surface area contributed by atoms with Gasteiger partial charge >= 0.3 is 5.97 Å². The summed E-state index contributed by atoms with van der Waals surface area (Å²) in [5, 5.41) is 17.9. The van der Waals surface area contributed by atoms with Crippen LogP contribution in [0, 0.1) is 0 Å². The summed E-state index contributed by atoms with van der Waals surface area (Å²) in [7, 11) is 0. The van der Waals surface area contributed by atoms with E-state index in [1.807, 2.05) is 23.1 Å². The molecule has 1 amide bonds. The Balaban J connectivity index is 2.04. The van der Waals surface area contributed by atoms with Gasteiger partial charge in [-0.2, -0.15) is 23.1 Å². The van der Waals surface area contributed by atoms with E-state index in [1.54, 1.807) is 28.5 Å². The zero-order chi connectivity index (χ0) is 15.2. The second-order valence-corrected chi connectivity index (χ2v) is 6.82. The summed E-state index contributed by atoms with van der Waals surface area (Å²) in [4.78, 5) is 27.5. The van der Waals surface area contributed by atoms with Crippen molar-refractivity contribution in [2.24, 2.45) is 0 Å². The lowest BCUT2D eigenvalue weighted by Crippen LogP contribution is -2.41. The van der Waals surface area contributed by atoms with Gasteiger partial charge in [-0.25, -0.2) is 9.78 Å². The van der Waals surface area contributed by atoms with Gasteiger partial charge < -0.3 is 10.4 Å². The zero-order valence-electron chi connectivity index (χ0n) is 11.2. The fraction of sp³-hybridized carbons (Fsp3) is 0.308. The van der Waals surface area contributed by atoms with Crippen molar-refractivity contribution < 1.29 is 14.7 Å². The predicted octanol–water partition coefficient (Wildman–Crippen LogP) is 2.81. The molecule has 2 rings (SSSR count). The number of aromatic nitrogens is 1. The standard InChI is InChI=1S/C13H14N2O3S3/c1-19-4-3-9(13(17)18)14-11(16)10-7-21-12(15-10)8-2-5-20-6-8/h2,5-7,9H,3-4H2,1H3,(H,14,16)(H,17,18)/t9-/m1/s1. The number of nitrogens with zero attached hydrogens (tertiary/aromatic N) is 1. The number of hydrogen-bond donors (Lipinski definition) is 2. The highest BCUT2D eigenvalue weighted by atomic mass is 32.2. The third-order valence-electron chi connectivity index (χ3n) is 2.72. The highest BCUT2D eigenvalue weighted by Gasteiger charge is 2.21. The van der Waals surface area contributed by atoms with Gasteiger partial charge in [0.15, 0.2) is 0 Å². The molecule has 5 nitrogen and oxygen atoms in total. The van der Waals surface area contributed by atoms with Crippen molar-refractivity contribution in [3.05, 3.63) is 27.9 Å². The minimum absolute atomic E-state index is 0.261. The van der Waals surface area contributed by atoms with Crippen molar-refractivity contribution in [1.82, 2.24) is 10.3 Å². The van der Waals surface area contributed by atoms with E-state index < -0.39 is 17.9 Å². The minimum atomic E-state index is -1.02. The molecule has 2 heterocycles. The van der Waals surface area contributed by atoms with E-state index in [4.69, 9.17) is 5.11 Å². The summed E-state index contributed by atoms with van der Waals surface area (Å²) in [6.45, 7) is 0. The summed E-state index contributed by atoms with van der Waals surface area (Å²) >= 11 is 4.48. The average Bonchev–Trinajstić information content (AvgIpc) is 3.12. The molecular formula is C13H14N2O3S3. The van der Waals surface area contributed by atoms with Crippen LogP contribution in [0.2, 0.25) is 0 Å². The number of nitrogens with one attached hydrogen (secondary N) is 1. The van der Waals surface area contributed by atoms with Gasteiger partial charge in [0.05, 0.1) is 0 Å². The largest absolute Gasteiger partial charge is 0.480 e. The molecule has 0 radical (unpaired) electrons. The number of amides is 1. The van der Waals surface area contributed by atoms with Crippen LogP contribution in [0.1, 0.15) is 16.9 Å². The summed E-state index contributed by atoms with van der Waals surface area (Å²) in [6, 6.07) is 1.06. The Labute approximate surface area is 134 Å². The third-order valence-corrected chi connectivity index (χ3v) is 4.94. The van der Waals surface area contributed by atoms with Crippen molar-refractivity contribution in [3.8, 4) is 10.6 Å². The second-order valence-electron chi connectivity index (χ2n) is 4.20. The molecule has 0 aliphatic heterocycles. The number of hydrogen-bond acceptors (Lipinski definition) is 6. The van der Waals surface area contributed by atoms with Crippen LogP contribution in [-0.4, -0.2) is 40.0 Å². The van der Waals surface area contributed by atoms with E-state index in [0.717, 1.165) is 10.6 Å². The van der Waals surface area contributed by atoms with E-state index in [2.05, 4.69) is 10.3 Å². The quantitative estimate of drug-likeness (QED) is 0.809. The molecule has 0 bridgehead atoms. The van der Waals surface area contributed by atoms with Crippen molar-refractivity contribution in [3.63, 3.8) is 0 Å². The van der Waals surface area contributed by atoms with Crippen molar-refractivity contribution in [2.75, 3.05) is 12.0 Å². The van der Waals surface area contributed by atoms with E-state index in [1.165, 1.54) is 11.3 Å². The zero-order valence-corrected chi connectivity index (χ0v) is 13.7. The number of carboxylic acid groups (broad SMARTS) is 1. The highest BCUT2D eigenvalue weighted by molar-refractivity contribution is 7.98. The van der Waals surface area contributed by atoms with Crippen LogP contribution in [0.15, 0.2) is 22.2 Å². The van der Waals surface area contributed by atoms with Crippen molar-refractivity contribution in [2.45, 2.75) is 12.5 Å². The molecule has 112 valence electrons. The lowest BCUT2D eigenvalue weighted by molar-refractivity contribution is -0.139. The molecule has 8 heteroatoms. The Hall–Kier alpha value is -1.38. The maximum absolute atomic E-state index is 12.1. The number of carboxylic acids is 1. The van der Waals surface area contributed by atoms with Gasteiger partial charge in [0.1, 0.15) is 16.7 Å². The fourth-order valence-electron chi connectivity index (χ4n) is 1.62. The number of thiophene rings is 1. The molecule has 0 fully saturated rings. The van der Waals surface area contributed by atoms with Gasteiger partial charge in [0, 0.05) is 16.3 Å². The van der Waals surface area contributed by atoms with Gasteiger partial charge in [0.25, 0.3) is 5.91 Å². The molecule has 21 heavy (non-hydrogen) atoms. The molecule has 1 atom stereocenters. The van der Waals surface area contributed by atoms with Crippen LogP contribution in [0.25, 0.3) is 10.6 Å². The van der Waals surface area contributed by atoms with Gasteiger partial charge in [-0.1, -0.05) is 0 Å². The Morgan fingerprint density at radius 2 is 2.29 bits per heavy atom. The van der Waals surface area contributed by atoms with Crippen molar-refractivity contribution >= 4 is 46.3 Å². The normalized spacial score (nSPS) is 12.0. The first-order chi connectivity index (χ1) is 10.1. The number of aliphatic carboxylic acids is 1. The first-order valence-corrected chi connectivity index (χ1v) is 9.34. The van der Waals surface area contributed by atoms with Gasteiger partial charge in [-0.3, -0.25) is 4.79 Å². The van der Waals surface area contributed by atoms with Crippen LogP contribution in [0.4, 0.5) is 0 Å². The number of rotatable bonds is 7. The number of carbonyl (C=O) groups excluding carboxylic acids is 1. The van der Waals surface area contributed by atoms with Crippen molar-refractivity contribution in [1.29, 1.82) is 0 Å². The third kappa shape index (κ3) is 4.29. The smallest absolute Gasteiger partial charge is 0.326 e. The first kappa shape index (κ1) is 16.0.